The number of ether oxygens (including phenoxy) is 1. The van der Waals surface area contributed by atoms with Gasteiger partial charge in [0.25, 0.3) is 0 Å². The molecule has 1 aliphatic heterocycles. The first-order chi connectivity index (χ1) is 6.63. The van der Waals surface area contributed by atoms with E-state index in [0.717, 1.165) is 24.2 Å². The fraction of sp³-hybridized carbons (Fsp3) is 0.455. The summed E-state index contributed by atoms with van der Waals surface area (Å²) in [7, 11) is 0. The fourth-order valence-electron chi connectivity index (χ4n) is 1.72. The lowest BCUT2D eigenvalue weighted by Crippen LogP contribution is -2.43. The Bertz CT molecular complexity index is 356. The third-order valence-electron chi connectivity index (χ3n) is 2.76. The van der Waals surface area contributed by atoms with E-state index in [1.807, 2.05) is 6.92 Å². The van der Waals surface area contributed by atoms with Gasteiger partial charge in [-0.25, -0.2) is 0 Å². The summed E-state index contributed by atoms with van der Waals surface area (Å²) in [6.45, 7) is 2.54. The zero-order valence-corrected chi connectivity index (χ0v) is 9.51. The molecule has 1 atom stereocenters. The minimum absolute atomic E-state index is 0. The molecule has 1 aromatic carbocycles. The second-order valence-electron chi connectivity index (χ2n) is 4.05. The van der Waals surface area contributed by atoms with Gasteiger partial charge in [-0.2, -0.15) is 0 Å². The molecule has 15 heavy (non-hydrogen) atoms. The van der Waals surface area contributed by atoms with Gasteiger partial charge in [-0.3, -0.25) is 0 Å². The normalized spacial score (nSPS) is 23.6. The second-order valence-corrected chi connectivity index (χ2v) is 4.05. The molecule has 0 spiro atoms. The van der Waals surface area contributed by atoms with Crippen molar-refractivity contribution in [3.05, 3.63) is 23.8 Å². The summed E-state index contributed by atoms with van der Waals surface area (Å²) >= 11 is 0. The van der Waals surface area contributed by atoms with Crippen LogP contribution in [0.2, 0.25) is 0 Å². The topological polar surface area (TPSA) is 55.5 Å². The SMILES string of the molecule is CC1(CN)CCc2cc(O)ccc2O1.Cl. The number of phenols is 1. The lowest BCUT2D eigenvalue weighted by molar-refractivity contribution is 0.0737. The summed E-state index contributed by atoms with van der Waals surface area (Å²) in [5.41, 5.74) is 6.47. The zero-order chi connectivity index (χ0) is 10.2. The largest absolute Gasteiger partial charge is 0.508 e. The number of benzene rings is 1. The number of rotatable bonds is 1. The van der Waals surface area contributed by atoms with Crippen LogP contribution in [-0.2, 0) is 6.42 Å². The minimum Gasteiger partial charge on any atom is -0.508 e. The van der Waals surface area contributed by atoms with Crippen molar-refractivity contribution in [2.45, 2.75) is 25.4 Å². The van der Waals surface area contributed by atoms with Crippen molar-refractivity contribution in [3.8, 4) is 11.5 Å². The van der Waals surface area contributed by atoms with Crippen LogP contribution < -0.4 is 10.5 Å². The fourth-order valence-corrected chi connectivity index (χ4v) is 1.72. The van der Waals surface area contributed by atoms with Gasteiger partial charge in [-0.05, 0) is 43.5 Å². The van der Waals surface area contributed by atoms with Gasteiger partial charge in [0.05, 0.1) is 0 Å². The highest BCUT2D eigenvalue weighted by molar-refractivity contribution is 5.85. The molecule has 4 heteroatoms. The van der Waals surface area contributed by atoms with Crippen LogP contribution in [-0.4, -0.2) is 17.3 Å². The Kier molecular flexibility index (Phi) is 3.47. The van der Waals surface area contributed by atoms with E-state index in [9.17, 15) is 5.11 Å². The van der Waals surface area contributed by atoms with E-state index < -0.39 is 0 Å². The van der Waals surface area contributed by atoms with E-state index in [1.54, 1.807) is 18.2 Å². The van der Waals surface area contributed by atoms with Crippen LogP contribution in [0.1, 0.15) is 18.9 Å². The van der Waals surface area contributed by atoms with Crippen LogP contribution in [0, 0.1) is 0 Å². The molecule has 3 nitrogen and oxygen atoms in total. The maximum atomic E-state index is 9.30. The van der Waals surface area contributed by atoms with Crippen molar-refractivity contribution in [2.75, 3.05) is 6.54 Å². The Balaban J connectivity index is 0.00000112. The highest BCUT2D eigenvalue weighted by Gasteiger charge is 2.29. The summed E-state index contributed by atoms with van der Waals surface area (Å²) < 4.78 is 5.79. The number of hydrogen-bond donors (Lipinski definition) is 2. The summed E-state index contributed by atoms with van der Waals surface area (Å²) in [6.07, 6.45) is 1.82. The minimum atomic E-state index is -0.246. The number of aromatic hydroxyl groups is 1. The molecule has 0 amide bonds. The number of phenolic OH excluding ortho intramolecular Hbond substituents is 1. The van der Waals surface area contributed by atoms with Gasteiger partial charge in [-0.15, -0.1) is 12.4 Å². The van der Waals surface area contributed by atoms with Gasteiger partial charge >= 0.3 is 0 Å². The molecule has 84 valence electrons. The number of halogens is 1. The summed E-state index contributed by atoms with van der Waals surface area (Å²) in [5.74, 6) is 1.14. The molecule has 0 saturated carbocycles. The van der Waals surface area contributed by atoms with Crippen molar-refractivity contribution < 1.29 is 9.84 Å². The molecule has 0 aliphatic carbocycles. The molecule has 2 rings (SSSR count). The lowest BCUT2D eigenvalue weighted by Gasteiger charge is -2.34. The summed E-state index contributed by atoms with van der Waals surface area (Å²) in [4.78, 5) is 0. The van der Waals surface area contributed by atoms with Crippen LogP contribution in [0.15, 0.2) is 18.2 Å². The van der Waals surface area contributed by atoms with E-state index in [1.165, 1.54) is 0 Å². The van der Waals surface area contributed by atoms with Gasteiger partial charge in [0.2, 0.25) is 0 Å². The molecule has 1 aliphatic rings. The number of aryl methyl sites for hydroxylation is 1. The molecular formula is C11H16ClNO2. The average Bonchev–Trinajstić information content (AvgIpc) is 2.19. The van der Waals surface area contributed by atoms with E-state index in [-0.39, 0.29) is 18.0 Å². The Morgan fingerprint density at radius 1 is 1.53 bits per heavy atom. The third-order valence-corrected chi connectivity index (χ3v) is 2.76. The van der Waals surface area contributed by atoms with Gasteiger partial charge in [0, 0.05) is 6.54 Å². The van der Waals surface area contributed by atoms with Crippen LogP contribution in [0.4, 0.5) is 0 Å². The van der Waals surface area contributed by atoms with Crippen molar-refractivity contribution >= 4 is 12.4 Å². The van der Waals surface area contributed by atoms with Crippen molar-refractivity contribution in [1.82, 2.24) is 0 Å². The van der Waals surface area contributed by atoms with E-state index in [4.69, 9.17) is 10.5 Å². The van der Waals surface area contributed by atoms with Gasteiger partial charge < -0.3 is 15.6 Å². The second kappa shape index (κ2) is 4.29. The van der Waals surface area contributed by atoms with Crippen molar-refractivity contribution in [3.63, 3.8) is 0 Å². The Hall–Kier alpha value is -0.930. The van der Waals surface area contributed by atoms with Gasteiger partial charge in [0.15, 0.2) is 0 Å². The molecule has 1 heterocycles. The maximum Gasteiger partial charge on any atom is 0.123 e. The zero-order valence-electron chi connectivity index (χ0n) is 8.69. The molecule has 1 unspecified atom stereocenters. The van der Waals surface area contributed by atoms with E-state index in [2.05, 4.69) is 0 Å². The average molecular weight is 230 g/mol. The molecule has 0 bridgehead atoms. The molecular weight excluding hydrogens is 214 g/mol. The lowest BCUT2D eigenvalue weighted by atomic mass is 9.93. The monoisotopic (exact) mass is 229 g/mol. The Labute approximate surface area is 95.7 Å². The number of hydrogen-bond acceptors (Lipinski definition) is 3. The number of nitrogens with two attached hydrogens (primary N) is 1. The van der Waals surface area contributed by atoms with Crippen LogP contribution >= 0.6 is 12.4 Å². The first kappa shape index (κ1) is 12.1. The number of fused-ring (bicyclic) bond motifs is 1. The molecule has 1 aromatic rings. The van der Waals surface area contributed by atoms with Crippen molar-refractivity contribution in [1.29, 1.82) is 0 Å². The summed E-state index contributed by atoms with van der Waals surface area (Å²) in [6, 6.07) is 5.20. The molecule has 0 fully saturated rings. The Morgan fingerprint density at radius 3 is 2.93 bits per heavy atom. The third kappa shape index (κ3) is 2.36. The highest BCUT2D eigenvalue weighted by Crippen LogP contribution is 2.34. The predicted molar refractivity (Wildman–Crippen MR) is 61.8 cm³/mol. The van der Waals surface area contributed by atoms with Gasteiger partial charge in [-0.1, -0.05) is 0 Å². The Morgan fingerprint density at radius 2 is 2.27 bits per heavy atom. The molecule has 0 saturated heterocycles. The van der Waals surface area contributed by atoms with Crippen LogP contribution in [0.3, 0.4) is 0 Å². The maximum absolute atomic E-state index is 9.30. The first-order valence-electron chi connectivity index (χ1n) is 4.84. The van der Waals surface area contributed by atoms with Crippen molar-refractivity contribution in [2.24, 2.45) is 5.73 Å². The van der Waals surface area contributed by atoms with Crippen LogP contribution in [0.25, 0.3) is 0 Å². The first-order valence-corrected chi connectivity index (χ1v) is 4.84. The van der Waals surface area contributed by atoms with Gasteiger partial charge in [0.1, 0.15) is 17.1 Å². The highest BCUT2D eigenvalue weighted by atomic mass is 35.5. The van der Waals surface area contributed by atoms with Crippen LogP contribution in [0.5, 0.6) is 11.5 Å². The quantitative estimate of drug-likeness (QED) is 0.773. The molecule has 0 aromatic heterocycles. The van der Waals surface area contributed by atoms with E-state index in [0.29, 0.717) is 12.3 Å². The van der Waals surface area contributed by atoms with E-state index >= 15 is 0 Å². The smallest absolute Gasteiger partial charge is 0.123 e. The summed E-state index contributed by atoms with van der Waals surface area (Å²) in [5, 5.41) is 9.30. The standard InChI is InChI=1S/C11H15NO2.ClH/c1-11(7-12)5-4-8-6-9(13)2-3-10(8)14-11;/h2-3,6,13H,4-5,7,12H2,1H3;1H. The molecule has 0 radical (unpaired) electrons. The predicted octanol–water partition coefficient (Wildman–Crippen LogP) is 1.86. The molecule has 3 N–H and O–H groups in total.